The lowest BCUT2D eigenvalue weighted by Crippen LogP contribution is -2.01. The normalized spacial score (nSPS) is 11.0. The first-order valence-corrected chi connectivity index (χ1v) is 8.02. The number of imidazole rings is 1. The Morgan fingerprint density at radius 3 is 2.56 bits per heavy atom. The minimum atomic E-state index is 0.565. The van der Waals surface area contributed by atoms with Crippen LogP contribution in [0.15, 0.2) is 59.6 Å². The Labute approximate surface area is 145 Å². The van der Waals surface area contributed by atoms with Crippen molar-refractivity contribution in [2.75, 3.05) is 0 Å². The van der Waals surface area contributed by atoms with E-state index in [1.807, 2.05) is 42.0 Å². The van der Waals surface area contributed by atoms with Gasteiger partial charge in [0.25, 0.3) is 0 Å². The topological polar surface area (TPSA) is 69.6 Å². The van der Waals surface area contributed by atoms with Crippen LogP contribution < -0.4 is 0 Å². The molecular weight excluding hydrogens is 314 g/mol. The summed E-state index contributed by atoms with van der Waals surface area (Å²) in [6.07, 6.45) is 7.27. The van der Waals surface area contributed by atoms with Crippen LogP contribution in [0.3, 0.4) is 0 Å². The van der Waals surface area contributed by atoms with Crippen molar-refractivity contribution in [3.05, 3.63) is 72.1 Å². The van der Waals surface area contributed by atoms with Crippen molar-refractivity contribution in [2.45, 2.75) is 20.4 Å². The molecule has 3 aromatic heterocycles. The Kier molecular flexibility index (Phi) is 3.85. The van der Waals surface area contributed by atoms with Crippen LogP contribution in [0.4, 0.5) is 0 Å². The molecule has 0 aliphatic carbocycles. The predicted molar refractivity (Wildman–Crippen MR) is 93.8 cm³/mol. The molecule has 6 nitrogen and oxygen atoms in total. The molecule has 0 fully saturated rings. The smallest absolute Gasteiger partial charge is 0.159 e. The zero-order valence-corrected chi connectivity index (χ0v) is 14.0. The lowest BCUT2D eigenvalue weighted by Gasteiger charge is -2.07. The molecule has 0 aliphatic heterocycles. The SMILES string of the molecule is Cc1cc(Cn2ccnc2-c2cnc(-c3ccccc3C)nc2)on1. The minimum absolute atomic E-state index is 0.565. The summed E-state index contributed by atoms with van der Waals surface area (Å²) in [5.74, 6) is 2.30. The molecule has 6 heteroatoms. The summed E-state index contributed by atoms with van der Waals surface area (Å²) in [6.45, 7) is 4.52. The van der Waals surface area contributed by atoms with Crippen molar-refractivity contribution in [1.29, 1.82) is 0 Å². The van der Waals surface area contributed by atoms with Gasteiger partial charge in [0.15, 0.2) is 11.6 Å². The molecule has 1 aromatic carbocycles. The Hall–Kier alpha value is -3.28. The summed E-state index contributed by atoms with van der Waals surface area (Å²) >= 11 is 0. The summed E-state index contributed by atoms with van der Waals surface area (Å²) in [5.41, 5.74) is 3.91. The first-order valence-electron chi connectivity index (χ1n) is 8.02. The molecule has 0 N–H and O–H groups in total. The molecule has 4 rings (SSSR count). The molecule has 3 heterocycles. The van der Waals surface area contributed by atoms with Crippen LogP contribution >= 0.6 is 0 Å². The van der Waals surface area contributed by atoms with Crippen molar-refractivity contribution in [3.63, 3.8) is 0 Å². The molecule has 4 aromatic rings. The summed E-state index contributed by atoms with van der Waals surface area (Å²) in [6, 6.07) is 10.00. The number of aromatic nitrogens is 5. The van der Waals surface area contributed by atoms with Crippen LogP contribution in [0.2, 0.25) is 0 Å². The maximum absolute atomic E-state index is 5.29. The molecule has 0 spiro atoms. The predicted octanol–water partition coefficient (Wildman–Crippen LogP) is 3.66. The van der Waals surface area contributed by atoms with Crippen molar-refractivity contribution >= 4 is 0 Å². The van der Waals surface area contributed by atoms with Gasteiger partial charge in [-0.1, -0.05) is 29.4 Å². The number of aryl methyl sites for hydroxylation is 2. The third-order valence-electron chi connectivity index (χ3n) is 4.01. The van der Waals surface area contributed by atoms with Gasteiger partial charge in [0.05, 0.1) is 17.8 Å². The lowest BCUT2D eigenvalue weighted by atomic mass is 10.1. The van der Waals surface area contributed by atoms with Crippen molar-refractivity contribution in [2.24, 2.45) is 0 Å². The van der Waals surface area contributed by atoms with Gasteiger partial charge in [-0.15, -0.1) is 0 Å². The Bertz CT molecular complexity index is 1000. The van der Waals surface area contributed by atoms with E-state index in [4.69, 9.17) is 4.52 Å². The first kappa shape index (κ1) is 15.3. The number of nitrogens with zero attached hydrogens (tertiary/aromatic N) is 5. The van der Waals surface area contributed by atoms with Crippen LogP contribution in [-0.4, -0.2) is 24.7 Å². The van der Waals surface area contributed by atoms with Crippen LogP contribution in [0.5, 0.6) is 0 Å². The van der Waals surface area contributed by atoms with E-state index in [1.165, 1.54) is 0 Å². The van der Waals surface area contributed by atoms with Gasteiger partial charge >= 0.3 is 0 Å². The van der Waals surface area contributed by atoms with Gasteiger partial charge in [-0.05, 0) is 19.4 Å². The summed E-state index contributed by atoms with van der Waals surface area (Å²) < 4.78 is 7.28. The Morgan fingerprint density at radius 2 is 1.84 bits per heavy atom. The number of benzene rings is 1. The van der Waals surface area contributed by atoms with Crippen molar-refractivity contribution in [3.8, 4) is 22.8 Å². The zero-order valence-electron chi connectivity index (χ0n) is 14.0. The third-order valence-corrected chi connectivity index (χ3v) is 4.01. The van der Waals surface area contributed by atoms with E-state index < -0.39 is 0 Å². The molecular formula is C19H17N5O. The Morgan fingerprint density at radius 1 is 1.04 bits per heavy atom. The number of rotatable bonds is 4. The molecule has 25 heavy (non-hydrogen) atoms. The highest BCUT2D eigenvalue weighted by atomic mass is 16.5. The van der Waals surface area contributed by atoms with Gasteiger partial charge in [0.1, 0.15) is 5.82 Å². The molecule has 0 amide bonds. The molecule has 0 radical (unpaired) electrons. The lowest BCUT2D eigenvalue weighted by molar-refractivity contribution is 0.373. The van der Waals surface area contributed by atoms with Gasteiger partial charge in [-0.3, -0.25) is 0 Å². The molecule has 0 aliphatic rings. The molecule has 124 valence electrons. The fourth-order valence-corrected chi connectivity index (χ4v) is 2.76. The third kappa shape index (κ3) is 3.06. The first-order chi connectivity index (χ1) is 12.2. The number of hydrogen-bond acceptors (Lipinski definition) is 5. The standard InChI is InChI=1S/C19H17N5O/c1-13-5-3-4-6-17(13)18-21-10-15(11-22-18)19-20-7-8-24(19)12-16-9-14(2)23-25-16/h3-11H,12H2,1-2H3. The largest absolute Gasteiger partial charge is 0.359 e. The second-order valence-corrected chi connectivity index (χ2v) is 5.92. The highest BCUT2D eigenvalue weighted by molar-refractivity contribution is 5.61. The van der Waals surface area contributed by atoms with Crippen LogP contribution in [0.25, 0.3) is 22.8 Å². The molecule has 0 atom stereocenters. The molecule has 0 unspecified atom stereocenters. The van der Waals surface area contributed by atoms with E-state index >= 15 is 0 Å². The van der Waals surface area contributed by atoms with E-state index in [0.717, 1.165) is 34.0 Å². The Balaban J connectivity index is 1.63. The minimum Gasteiger partial charge on any atom is -0.359 e. The van der Waals surface area contributed by atoms with Crippen LogP contribution in [-0.2, 0) is 6.54 Å². The second-order valence-electron chi connectivity index (χ2n) is 5.92. The van der Waals surface area contributed by atoms with Crippen molar-refractivity contribution < 1.29 is 4.52 Å². The van der Waals surface area contributed by atoms with E-state index in [1.54, 1.807) is 18.6 Å². The quantitative estimate of drug-likeness (QED) is 0.571. The average Bonchev–Trinajstić information content (AvgIpc) is 3.25. The fourth-order valence-electron chi connectivity index (χ4n) is 2.76. The van der Waals surface area contributed by atoms with Gasteiger partial charge in [-0.25, -0.2) is 15.0 Å². The second kappa shape index (κ2) is 6.32. The zero-order chi connectivity index (χ0) is 17.2. The van der Waals surface area contributed by atoms with Gasteiger partial charge in [0.2, 0.25) is 0 Å². The maximum atomic E-state index is 5.29. The maximum Gasteiger partial charge on any atom is 0.159 e. The number of hydrogen-bond donors (Lipinski definition) is 0. The monoisotopic (exact) mass is 331 g/mol. The summed E-state index contributed by atoms with van der Waals surface area (Å²) in [7, 11) is 0. The molecule has 0 bridgehead atoms. The van der Waals surface area contributed by atoms with Gasteiger partial charge < -0.3 is 9.09 Å². The summed E-state index contributed by atoms with van der Waals surface area (Å²) in [4.78, 5) is 13.5. The highest BCUT2D eigenvalue weighted by Crippen LogP contribution is 2.22. The fraction of sp³-hybridized carbons (Fsp3) is 0.158. The summed E-state index contributed by atoms with van der Waals surface area (Å²) in [5, 5.41) is 3.92. The van der Waals surface area contributed by atoms with Gasteiger partial charge in [0, 0.05) is 36.4 Å². The van der Waals surface area contributed by atoms with E-state index in [9.17, 15) is 0 Å². The molecule has 0 saturated carbocycles. The van der Waals surface area contributed by atoms with Crippen LogP contribution in [0, 0.1) is 13.8 Å². The van der Waals surface area contributed by atoms with E-state index in [2.05, 4.69) is 33.1 Å². The molecule has 0 saturated heterocycles. The van der Waals surface area contributed by atoms with E-state index in [0.29, 0.717) is 12.4 Å². The highest BCUT2D eigenvalue weighted by Gasteiger charge is 2.11. The van der Waals surface area contributed by atoms with Crippen molar-refractivity contribution in [1.82, 2.24) is 24.7 Å². The van der Waals surface area contributed by atoms with Crippen LogP contribution in [0.1, 0.15) is 17.0 Å². The van der Waals surface area contributed by atoms with E-state index in [-0.39, 0.29) is 0 Å². The average molecular weight is 331 g/mol. The van der Waals surface area contributed by atoms with Gasteiger partial charge in [-0.2, -0.15) is 0 Å².